The molecule has 1 aliphatic heterocycles. The van der Waals surface area contributed by atoms with Gasteiger partial charge in [-0.1, -0.05) is 31.2 Å². The molecule has 1 heterocycles. The van der Waals surface area contributed by atoms with Crippen molar-refractivity contribution in [3.05, 3.63) is 71.8 Å². The van der Waals surface area contributed by atoms with Gasteiger partial charge in [-0.15, -0.1) is 0 Å². The minimum Gasteiger partial charge on any atom is -0.454 e. The Labute approximate surface area is 202 Å². The molecule has 3 aromatic carbocycles. The van der Waals surface area contributed by atoms with Crippen molar-refractivity contribution in [1.82, 2.24) is 4.72 Å². The third-order valence-corrected chi connectivity index (χ3v) is 8.03. The quantitative estimate of drug-likeness (QED) is 0.508. The van der Waals surface area contributed by atoms with Crippen LogP contribution in [-0.2, 0) is 26.7 Å². The van der Waals surface area contributed by atoms with Crippen LogP contribution in [0, 0.1) is 0 Å². The molecule has 0 bridgehead atoms. The van der Waals surface area contributed by atoms with E-state index in [1.807, 2.05) is 36.4 Å². The van der Waals surface area contributed by atoms with Crippen LogP contribution >= 0.6 is 0 Å². The summed E-state index contributed by atoms with van der Waals surface area (Å²) in [4.78, 5) is 13.5. The van der Waals surface area contributed by atoms with Gasteiger partial charge in [0, 0.05) is 8.54 Å². The minimum absolute atomic E-state index is 0. The zero-order valence-electron chi connectivity index (χ0n) is 19.1. The van der Waals surface area contributed by atoms with Crippen molar-refractivity contribution in [2.24, 2.45) is 0 Å². The van der Waals surface area contributed by atoms with Gasteiger partial charge in [0.15, 0.2) is 11.5 Å². The molecule has 1 amide bonds. The van der Waals surface area contributed by atoms with Crippen molar-refractivity contribution in [3.63, 3.8) is 0 Å². The van der Waals surface area contributed by atoms with E-state index in [-0.39, 0.29) is 20.4 Å². The van der Waals surface area contributed by atoms with Gasteiger partial charge < -0.3 is 14.8 Å². The van der Waals surface area contributed by atoms with E-state index in [0.29, 0.717) is 17.2 Å². The second kappa shape index (κ2) is 8.45. The Morgan fingerprint density at radius 1 is 1.00 bits per heavy atom. The van der Waals surface area contributed by atoms with Crippen molar-refractivity contribution in [2.45, 2.75) is 36.5 Å². The molecule has 1 aliphatic carbocycles. The summed E-state index contributed by atoms with van der Waals surface area (Å²) in [5, 5.41) is 3.10. The topological polar surface area (TPSA) is 93.7 Å². The predicted molar refractivity (Wildman–Crippen MR) is 134 cm³/mol. The van der Waals surface area contributed by atoms with Gasteiger partial charge in [0.1, 0.15) is 0 Å². The maximum atomic E-state index is 13.3. The van der Waals surface area contributed by atoms with E-state index in [1.54, 1.807) is 24.3 Å². The highest BCUT2D eigenvalue weighted by molar-refractivity contribution is 7.89. The van der Waals surface area contributed by atoms with E-state index in [9.17, 15) is 13.2 Å². The Bertz CT molecular complexity index is 1370. The number of carbonyl (C=O) groups excluding carboxylic acids is 1. The van der Waals surface area contributed by atoms with Gasteiger partial charge in [-0.2, -0.15) is 0 Å². The molecule has 0 saturated heterocycles. The first-order valence-corrected chi connectivity index (χ1v) is 12.7. The Kier molecular flexibility index (Phi) is 5.58. The van der Waals surface area contributed by atoms with Gasteiger partial charge in [0.2, 0.25) is 22.7 Å². The number of rotatable bonds is 7. The molecule has 5 rings (SSSR count). The lowest BCUT2D eigenvalue weighted by Crippen LogP contribution is -2.27. The molecule has 1 saturated carbocycles. The highest BCUT2D eigenvalue weighted by atomic mass is 32.2. The first-order chi connectivity index (χ1) is 16.4. The molecule has 0 unspecified atom stereocenters. The summed E-state index contributed by atoms with van der Waals surface area (Å²) in [7, 11) is -2.11. The fourth-order valence-corrected chi connectivity index (χ4v) is 5.11. The third kappa shape index (κ3) is 3.93. The zero-order chi connectivity index (χ0) is 23.9. The SMILES string of the molecule is CCc1ccc(NC(=O)C2(c3ccc4c(c3)OCO4)CC2)cc1-c1ccc(S(=O)(=O)NC)cc1.[HH].[HH]. The number of hydrogen-bond acceptors (Lipinski definition) is 5. The molecular formula is C26H30N2O5S. The van der Waals surface area contributed by atoms with Crippen molar-refractivity contribution >= 4 is 21.6 Å². The summed E-state index contributed by atoms with van der Waals surface area (Å²) in [6.07, 6.45) is 2.36. The third-order valence-electron chi connectivity index (χ3n) is 6.60. The van der Waals surface area contributed by atoms with Crippen LogP contribution in [0.15, 0.2) is 65.6 Å². The Hall–Kier alpha value is -3.36. The average molecular weight is 483 g/mol. The molecule has 2 aliphatic rings. The highest BCUT2D eigenvalue weighted by Crippen LogP contribution is 2.51. The number of benzene rings is 3. The van der Waals surface area contributed by atoms with Crippen LogP contribution in [0.25, 0.3) is 11.1 Å². The molecule has 2 N–H and O–H groups in total. The molecule has 0 atom stereocenters. The van der Waals surface area contributed by atoms with Crippen LogP contribution in [0.3, 0.4) is 0 Å². The number of aryl methyl sites for hydroxylation is 1. The van der Waals surface area contributed by atoms with Gasteiger partial charge in [-0.3, -0.25) is 4.79 Å². The lowest BCUT2D eigenvalue weighted by Gasteiger charge is -2.18. The van der Waals surface area contributed by atoms with Crippen molar-refractivity contribution in [3.8, 4) is 22.6 Å². The highest BCUT2D eigenvalue weighted by Gasteiger charge is 2.51. The molecule has 0 aromatic heterocycles. The molecule has 0 radical (unpaired) electrons. The van der Waals surface area contributed by atoms with Gasteiger partial charge in [0.05, 0.1) is 10.3 Å². The maximum Gasteiger partial charge on any atom is 0.240 e. The van der Waals surface area contributed by atoms with E-state index in [0.717, 1.165) is 41.5 Å². The summed E-state index contributed by atoms with van der Waals surface area (Å²) in [5.41, 5.74) is 4.03. The molecule has 7 nitrogen and oxygen atoms in total. The lowest BCUT2D eigenvalue weighted by molar-refractivity contribution is -0.118. The Morgan fingerprint density at radius 2 is 1.74 bits per heavy atom. The number of sulfonamides is 1. The van der Waals surface area contributed by atoms with E-state index in [4.69, 9.17) is 9.47 Å². The van der Waals surface area contributed by atoms with Gasteiger partial charge >= 0.3 is 0 Å². The van der Waals surface area contributed by atoms with E-state index >= 15 is 0 Å². The van der Waals surface area contributed by atoms with Crippen molar-refractivity contribution < 1.29 is 25.5 Å². The fraction of sp³-hybridized carbons (Fsp3) is 0.269. The molecule has 3 aromatic rings. The lowest BCUT2D eigenvalue weighted by atomic mass is 9.93. The number of amides is 1. The van der Waals surface area contributed by atoms with Crippen LogP contribution < -0.4 is 19.5 Å². The minimum atomic E-state index is -3.50. The predicted octanol–water partition coefficient (Wildman–Crippen LogP) is 4.72. The number of hydrogen-bond donors (Lipinski definition) is 2. The molecule has 180 valence electrons. The Morgan fingerprint density at radius 3 is 2.41 bits per heavy atom. The summed E-state index contributed by atoms with van der Waals surface area (Å²) < 4.78 is 37.3. The second-order valence-electron chi connectivity index (χ2n) is 8.56. The van der Waals surface area contributed by atoms with Crippen molar-refractivity contribution in [1.29, 1.82) is 0 Å². The van der Waals surface area contributed by atoms with Gasteiger partial charge in [-0.25, -0.2) is 13.1 Å². The number of carbonyl (C=O) groups is 1. The molecule has 8 heteroatoms. The summed E-state index contributed by atoms with van der Waals surface area (Å²) in [5.74, 6) is 1.33. The molecular weight excluding hydrogens is 452 g/mol. The van der Waals surface area contributed by atoms with E-state index in [2.05, 4.69) is 17.0 Å². The number of fused-ring (bicyclic) bond motifs is 1. The fourth-order valence-electron chi connectivity index (χ4n) is 4.38. The monoisotopic (exact) mass is 482 g/mol. The second-order valence-corrected chi connectivity index (χ2v) is 10.4. The normalized spacial score (nSPS) is 15.7. The van der Waals surface area contributed by atoms with Gasteiger partial charge in [-0.05, 0) is 85.0 Å². The van der Waals surface area contributed by atoms with Gasteiger partial charge in [0.25, 0.3) is 0 Å². The van der Waals surface area contributed by atoms with Crippen molar-refractivity contribution in [2.75, 3.05) is 19.2 Å². The standard InChI is InChI=1S/C26H26N2O5S.2H2/c1-3-17-4-8-20(15-22(17)18-5-9-21(10-6-18)34(30,31)27-2)28-25(29)26(12-13-26)19-7-11-23-24(14-19)33-16-32-23;;/h4-11,14-15,27H,3,12-13,16H2,1-2H3,(H,28,29);2*1H. The Balaban J connectivity index is 0.00000180. The molecule has 1 fully saturated rings. The van der Waals surface area contributed by atoms with Crippen LogP contribution in [0.5, 0.6) is 11.5 Å². The van der Waals surface area contributed by atoms with Crippen LogP contribution in [0.1, 0.15) is 33.7 Å². The van der Waals surface area contributed by atoms with Crippen LogP contribution in [-0.4, -0.2) is 28.2 Å². The van der Waals surface area contributed by atoms with E-state index in [1.165, 1.54) is 7.05 Å². The number of anilines is 1. The van der Waals surface area contributed by atoms with Crippen LogP contribution in [0.4, 0.5) is 5.69 Å². The first kappa shape index (κ1) is 22.4. The summed E-state index contributed by atoms with van der Waals surface area (Å²) >= 11 is 0. The largest absolute Gasteiger partial charge is 0.454 e. The van der Waals surface area contributed by atoms with Crippen LogP contribution in [0.2, 0.25) is 0 Å². The number of ether oxygens (including phenoxy) is 2. The maximum absolute atomic E-state index is 13.3. The zero-order valence-corrected chi connectivity index (χ0v) is 19.9. The molecule has 0 spiro atoms. The molecule has 34 heavy (non-hydrogen) atoms. The average Bonchev–Trinajstić information content (AvgIpc) is 3.55. The summed E-state index contributed by atoms with van der Waals surface area (Å²) in [6.45, 7) is 2.27. The number of nitrogens with one attached hydrogen (secondary N) is 2. The first-order valence-electron chi connectivity index (χ1n) is 11.2. The smallest absolute Gasteiger partial charge is 0.240 e. The summed E-state index contributed by atoms with van der Waals surface area (Å²) in [6, 6.07) is 18.3. The van der Waals surface area contributed by atoms with E-state index < -0.39 is 15.4 Å².